The van der Waals surface area contributed by atoms with Gasteiger partial charge in [-0.25, -0.2) is 0 Å². The molecule has 2 aliphatic rings. The molecule has 2 aliphatic heterocycles. The summed E-state index contributed by atoms with van der Waals surface area (Å²) in [5, 5.41) is 0. The van der Waals surface area contributed by atoms with E-state index in [-0.39, 0.29) is 24.6 Å². The first-order valence-electron chi connectivity index (χ1n) is 11.9. The molecule has 0 aliphatic carbocycles. The Morgan fingerprint density at radius 3 is 2.44 bits per heavy atom. The van der Waals surface area contributed by atoms with Crippen LogP contribution >= 0.6 is 0 Å². The molecule has 0 N–H and O–H groups in total. The first-order chi connectivity index (χ1) is 17.5. The van der Waals surface area contributed by atoms with Gasteiger partial charge in [-0.1, -0.05) is 48.5 Å². The third-order valence-electron chi connectivity index (χ3n) is 6.51. The molecule has 3 aromatic rings. The summed E-state index contributed by atoms with van der Waals surface area (Å²) in [5.41, 5.74) is 3.24. The molecule has 7 heteroatoms. The van der Waals surface area contributed by atoms with Crippen LogP contribution < -0.4 is 14.2 Å². The summed E-state index contributed by atoms with van der Waals surface area (Å²) in [4.78, 5) is 30.1. The Hall–Kier alpha value is -4.26. The largest absolute Gasteiger partial charge is 0.493 e. The van der Waals surface area contributed by atoms with E-state index >= 15 is 0 Å². The van der Waals surface area contributed by atoms with Crippen LogP contribution in [-0.2, 0) is 11.2 Å². The van der Waals surface area contributed by atoms with E-state index in [4.69, 9.17) is 14.2 Å². The number of hydrogen-bond donors (Lipinski definition) is 0. The van der Waals surface area contributed by atoms with Gasteiger partial charge in [0.25, 0.3) is 5.91 Å². The minimum atomic E-state index is -0.152. The van der Waals surface area contributed by atoms with Crippen molar-refractivity contribution in [2.75, 3.05) is 27.0 Å². The van der Waals surface area contributed by atoms with Gasteiger partial charge in [0, 0.05) is 24.7 Å². The van der Waals surface area contributed by atoms with E-state index < -0.39 is 0 Å². The molecule has 0 spiro atoms. The molecule has 7 nitrogen and oxygen atoms in total. The number of fused-ring (bicyclic) bond motifs is 1. The first-order valence-corrected chi connectivity index (χ1v) is 11.9. The second-order valence-electron chi connectivity index (χ2n) is 8.86. The second-order valence-corrected chi connectivity index (χ2v) is 8.86. The van der Waals surface area contributed by atoms with Gasteiger partial charge < -0.3 is 24.0 Å². The zero-order valence-electron chi connectivity index (χ0n) is 20.3. The molecule has 0 unspecified atom stereocenters. The average Bonchev–Trinajstić information content (AvgIpc) is 3.38. The van der Waals surface area contributed by atoms with E-state index in [1.807, 2.05) is 83.8 Å². The number of methoxy groups -OCH3 is 1. The van der Waals surface area contributed by atoms with Gasteiger partial charge in [-0.05, 0) is 47.9 Å². The number of ether oxygens (including phenoxy) is 3. The van der Waals surface area contributed by atoms with E-state index in [2.05, 4.69) is 0 Å². The van der Waals surface area contributed by atoms with Crippen molar-refractivity contribution >= 4 is 17.9 Å². The van der Waals surface area contributed by atoms with Crippen LogP contribution in [0, 0.1) is 0 Å². The number of amides is 2. The number of hydrogen-bond acceptors (Lipinski definition) is 5. The van der Waals surface area contributed by atoms with Gasteiger partial charge in [0.15, 0.2) is 11.5 Å². The molecule has 2 heterocycles. The predicted molar refractivity (Wildman–Crippen MR) is 136 cm³/mol. The van der Waals surface area contributed by atoms with Crippen LogP contribution in [0.4, 0.5) is 0 Å². The van der Waals surface area contributed by atoms with Crippen molar-refractivity contribution in [2.24, 2.45) is 0 Å². The zero-order valence-corrected chi connectivity index (χ0v) is 20.3. The van der Waals surface area contributed by atoms with Crippen molar-refractivity contribution in [3.63, 3.8) is 0 Å². The lowest BCUT2D eigenvalue weighted by Crippen LogP contribution is -2.55. The lowest BCUT2D eigenvalue weighted by molar-refractivity contribution is -0.132. The van der Waals surface area contributed by atoms with Gasteiger partial charge >= 0.3 is 0 Å². The maximum absolute atomic E-state index is 13.7. The van der Waals surface area contributed by atoms with Gasteiger partial charge in [-0.15, -0.1) is 0 Å². The van der Waals surface area contributed by atoms with Crippen LogP contribution in [0.25, 0.3) is 6.08 Å². The van der Waals surface area contributed by atoms with Crippen molar-refractivity contribution in [1.82, 2.24) is 9.80 Å². The molecule has 1 saturated heterocycles. The highest BCUT2D eigenvalue weighted by molar-refractivity contribution is 5.96. The van der Waals surface area contributed by atoms with Crippen molar-refractivity contribution in [3.8, 4) is 17.2 Å². The fourth-order valence-electron chi connectivity index (χ4n) is 4.74. The predicted octanol–water partition coefficient (Wildman–Crippen LogP) is 4.38. The van der Waals surface area contributed by atoms with Gasteiger partial charge in [0.1, 0.15) is 0 Å². The summed E-state index contributed by atoms with van der Waals surface area (Å²) in [5.74, 6) is 1.57. The molecule has 2 amide bonds. The Morgan fingerprint density at radius 1 is 1.03 bits per heavy atom. The van der Waals surface area contributed by atoms with Crippen molar-refractivity contribution in [3.05, 3.63) is 95.2 Å². The lowest BCUT2D eigenvalue weighted by Gasteiger charge is -2.43. The van der Waals surface area contributed by atoms with E-state index in [1.165, 1.54) is 0 Å². The number of carbonyl (C=O) groups excluding carboxylic acids is 2. The molecule has 0 saturated carbocycles. The summed E-state index contributed by atoms with van der Waals surface area (Å²) in [7, 11) is 1.58. The molecule has 3 aromatic carbocycles. The molecule has 5 rings (SSSR count). The van der Waals surface area contributed by atoms with Gasteiger partial charge in [0.05, 0.1) is 19.7 Å². The first kappa shape index (κ1) is 23.5. The lowest BCUT2D eigenvalue weighted by atomic mass is 9.99. The van der Waals surface area contributed by atoms with Crippen LogP contribution in [0.15, 0.2) is 78.5 Å². The third-order valence-corrected chi connectivity index (χ3v) is 6.51. The van der Waals surface area contributed by atoms with Crippen LogP contribution in [0.3, 0.4) is 0 Å². The minimum Gasteiger partial charge on any atom is -0.493 e. The topological polar surface area (TPSA) is 68.3 Å². The Morgan fingerprint density at radius 2 is 1.75 bits per heavy atom. The number of carbonyl (C=O) groups is 2. The van der Waals surface area contributed by atoms with Crippen molar-refractivity contribution < 1.29 is 23.8 Å². The van der Waals surface area contributed by atoms with E-state index in [0.717, 1.165) is 16.8 Å². The van der Waals surface area contributed by atoms with Gasteiger partial charge in [-0.2, -0.15) is 0 Å². The second kappa shape index (κ2) is 10.2. The molecule has 184 valence electrons. The normalized spacial score (nSPS) is 17.8. The molecule has 1 atom stereocenters. The highest BCUT2D eigenvalue weighted by atomic mass is 16.7. The van der Waals surface area contributed by atoms with Crippen LogP contribution in [-0.4, -0.2) is 54.6 Å². The SMILES string of the molecule is COc1cc(/C=C2/CN(C(C)=O)[C@@H](Cc3ccccc3)CN2C(=O)c2ccccc2)cc2c1OCO2. The van der Waals surface area contributed by atoms with E-state index in [0.29, 0.717) is 42.3 Å². The zero-order chi connectivity index (χ0) is 25.1. The Labute approximate surface area is 210 Å². The van der Waals surface area contributed by atoms with Crippen molar-refractivity contribution in [2.45, 2.75) is 19.4 Å². The minimum absolute atomic E-state index is 0.0306. The maximum atomic E-state index is 13.7. The molecule has 1 fully saturated rings. The standard InChI is InChI=1S/C29H28N2O5/c1-20(32)30-17-25(14-22-15-26(34-2)28-27(16-22)35-19-36-28)31(29(33)23-11-7-4-8-12-23)18-24(30)13-21-9-5-3-6-10-21/h3-12,14-16,24H,13,17-19H2,1-2H3/b25-14-/t24-/m0/s1. The summed E-state index contributed by atoms with van der Waals surface area (Å²) in [6.07, 6.45) is 2.57. The van der Waals surface area contributed by atoms with Crippen LogP contribution in [0.2, 0.25) is 0 Å². The summed E-state index contributed by atoms with van der Waals surface area (Å²) >= 11 is 0. The molecular weight excluding hydrogens is 456 g/mol. The number of nitrogens with zero attached hydrogens (tertiary/aromatic N) is 2. The summed E-state index contributed by atoms with van der Waals surface area (Å²) in [6, 6.07) is 22.8. The summed E-state index contributed by atoms with van der Waals surface area (Å²) in [6.45, 7) is 2.40. The Kier molecular flexibility index (Phi) is 6.62. The molecule has 0 bridgehead atoms. The smallest absolute Gasteiger partial charge is 0.258 e. The quantitative estimate of drug-likeness (QED) is 0.538. The maximum Gasteiger partial charge on any atom is 0.258 e. The molecular formula is C29H28N2O5. The summed E-state index contributed by atoms with van der Waals surface area (Å²) < 4.78 is 16.6. The Balaban J connectivity index is 1.54. The van der Waals surface area contributed by atoms with Crippen molar-refractivity contribution in [1.29, 1.82) is 0 Å². The highest BCUT2D eigenvalue weighted by Gasteiger charge is 2.35. The van der Waals surface area contributed by atoms with Gasteiger partial charge in [0.2, 0.25) is 18.4 Å². The number of benzene rings is 3. The average molecular weight is 485 g/mol. The molecule has 36 heavy (non-hydrogen) atoms. The molecule has 0 radical (unpaired) electrons. The van der Waals surface area contributed by atoms with Crippen LogP contribution in [0.1, 0.15) is 28.4 Å². The third kappa shape index (κ3) is 4.77. The van der Waals surface area contributed by atoms with Crippen LogP contribution in [0.5, 0.6) is 17.2 Å². The van der Waals surface area contributed by atoms with E-state index in [9.17, 15) is 9.59 Å². The number of rotatable bonds is 5. The number of piperazine rings is 1. The Bertz CT molecular complexity index is 1290. The fraction of sp³-hybridized carbons (Fsp3) is 0.241. The monoisotopic (exact) mass is 484 g/mol. The fourth-order valence-corrected chi connectivity index (χ4v) is 4.74. The highest BCUT2D eigenvalue weighted by Crippen LogP contribution is 2.42. The van der Waals surface area contributed by atoms with Gasteiger partial charge in [-0.3, -0.25) is 9.59 Å². The van der Waals surface area contributed by atoms with E-state index in [1.54, 1.807) is 18.9 Å². The molecule has 0 aromatic heterocycles.